The molecule has 0 unspecified atom stereocenters. The summed E-state index contributed by atoms with van der Waals surface area (Å²) in [5, 5.41) is 18.0. The number of hydrogen-bond acceptors (Lipinski definition) is 8. The fourth-order valence-electron chi connectivity index (χ4n) is 2.95. The van der Waals surface area contributed by atoms with E-state index in [0.29, 0.717) is 29.0 Å². The number of hydrogen-bond donors (Lipinski definition) is 3. The van der Waals surface area contributed by atoms with E-state index in [4.69, 9.17) is 4.74 Å². The molecule has 0 radical (unpaired) electrons. The molecule has 0 aliphatic rings. The van der Waals surface area contributed by atoms with Crippen molar-refractivity contribution in [1.82, 2.24) is 14.8 Å². The first-order valence-electron chi connectivity index (χ1n) is 10.9. The SMILES string of the molecule is CCOC(=O)/C(C#N)=c1\s/c(=C/Nc2ccc(NC(=O)NCCCN(C)C)cc2)c(=O)n1CC. The van der Waals surface area contributed by atoms with Gasteiger partial charge < -0.3 is 25.6 Å². The molecule has 1 aromatic heterocycles. The van der Waals surface area contributed by atoms with Crippen molar-refractivity contribution >= 4 is 46.5 Å². The average molecular weight is 487 g/mol. The molecule has 34 heavy (non-hydrogen) atoms. The maximum absolute atomic E-state index is 12.7. The number of esters is 1. The number of carbonyl (C=O) groups is 2. The van der Waals surface area contributed by atoms with Crippen molar-refractivity contribution in [3.05, 3.63) is 43.8 Å². The zero-order chi connectivity index (χ0) is 25.1. The number of urea groups is 1. The molecule has 2 aromatic rings. The van der Waals surface area contributed by atoms with Crippen molar-refractivity contribution < 1.29 is 14.3 Å². The molecule has 3 N–H and O–H groups in total. The summed E-state index contributed by atoms with van der Waals surface area (Å²) in [5.41, 5.74) is 0.825. The largest absolute Gasteiger partial charge is 0.462 e. The topological polar surface area (TPSA) is 128 Å². The van der Waals surface area contributed by atoms with Crippen molar-refractivity contribution in [3.63, 3.8) is 0 Å². The molecule has 0 bridgehead atoms. The molecule has 0 aliphatic heterocycles. The molecular weight excluding hydrogens is 456 g/mol. The summed E-state index contributed by atoms with van der Waals surface area (Å²) in [6, 6.07) is 8.57. The molecule has 0 spiro atoms. The van der Waals surface area contributed by atoms with E-state index in [0.717, 1.165) is 24.3 Å². The van der Waals surface area contributed by atoms with Crippen molar-refractivity contribution in [1.29, 1.82) is 5.26 Å². The number of anilines is 2. The maximum atomic E-state index is 12.7. The average Bonchev–Trinajstić information content (AvgIpc) is 3.11. The van der Waals surface area contributed by atoms with Crippen LogP contribution in [0.15, 0.2) is 29.1 Å². The lowest BCUT2D eigenvalue weighted by Gasteiger charge is -2.11. The first kappa shape index (κ1) is 26.6. The number of carbonyl (C=O) groups excluding carboxylic acids is 2. The van der Waals surface area contributed by atoms with Gasteiger partial charge in [-0.2, -0.15) is 5.26 Å². The van der Waals surface area contributed by atoms with E-state index in [2.05, 4.69) is 20.9 Å². The molecule has 0 atom stereocenters. The van der Waals surface area contributed by atoms with Crippen LogP contribution in [-0.2, 0) is 16.1 Å². The number of thiazole rings is 1. The number of rotatable bonds is 10. The molecule has 2 rings (SSSR count). The molecule has 1 heterocycles. The summed E-state index contributed by atoms with van der Waals surface area (Å²) in [4.78, 5) is 38.9. The fraction of sp³-hybridized carbons (Fsp3) is 0.391. The van der Waals surface area contributed by atoms with Crippen molar-refractivity contribution in [2.75, 3.05) is 44.4 Å². The van der Waals surface area contributed by atoms with Gasteiger partial charge >= 0.3 is 12.0 Å². The summed E-state index contributed by atoms with van der Waals surface area (Å²) in [6.45, 7) is 5.33. The Hall–Kier alpha value is -3.62. The summed E-state index contributed by atoms with van der Waals surface area (Å²) in [6.07, 6.45) is 2.39. The predicted octanol–water partition coefficient (Wildman–Crippen LogP) is 1.09. The Labute approximate surface area is 202 Å². The van der Waals surface area contributed by atoms with Crippen LogP contribution in [0.2, 0.25) is 0 Å². The van der Waals surface area contributed by atoms with Crippen LogP contribution >= 0.6 is 11.3 Å². The Morgan fingerprint density at radius 3 is 2.47 bits per heavy atom. The molecule has 182 valence electrons. The molecule has 0 fully saturated rings. The standard InChI is InChI=1S/C23H30N6O4S/c1-5-29-20(30)19(34-21(29)18(14-24)22(31)33-6-2)15-26-16-8-10-17(11-9-16)27-23(32)25-12-7-13-28(3)4/h8-11,15,26H,5-7,12-13H2,1-4H3,(H2,25,27,32)/b19-15+,21-18-. The van der Waals surface area contributed by atoms with E-state index in [1.807, 2.05) is 20.2 Å². The van der Waals surface area contributed by atoms with E-state index in [-0.39, 0.29) is 28.4 Å². The molecule has 10 nitrogen and oxygen atoms in total. The maximum Gasteiger partial charge on any atom is 0.351 e. The molecule has 11 heteroatoms. The van der Waals surface area contributed by atoms with Gasteiger partial charge in [0, 0.05) is 30.7 Å². The summed E-state index contributed by atoms with van der Waals surface area (Å²) >= 11 is 1.04. The van der Waals surface area contributed by atoms with E-state index < -0.39 is 5.97 Å². The predicted molar refractivity (Wildman–Crippen MR) is 134 cm³/mol. The second kappa shape index (κ2) is 13.2. The third kappa shape index (κ3) is 7.47. The van der Waals surface area contributed by atoms with Crippen LogP contribution in [0, 0.1) is 11.3 Å². The highest BCUT2D eigenvalue weighted by atomic mass is 32.1. The minimum Gasteiger partial charge on any atom is -0.462 e. The van der Waals surface area contributed by atoms with Crippen molar-refractivity contribution in [2.24, 2.45) is 0 Å². The smallest absolute Gasteiger partial charge is 0.351 e. The molecule has 1 aromatic carbocycles. The van der Waals surface area contributed by atoms with Gasteiger partial charge in [0.1, 0.15) is 15.3 Å². The monoisotopic (exact) mass is 486 g/mol. The van der Waals surface area contributed by atoms with Gasteiger partial charge in [-0.05, 0) is 65.2 Å². The minimum atomic E-state index is -0.752. The van der Waals surface area contributed by atoms with Crippen molar-refractivity contribution in [2.45, 2.75) is 26.8 Å². The van der Waals surface area contributed by atoms with E-state index in [1.165, 1.54) is 10.8 Å². The van der Waals surface area contributed by atoms with E-state index >= 15 is 0 Å². The first-order chi connectivity index (χ1) is 16.3. The second-order valence-corrected chi connectivity index (χ2v) is 8.46. The molecule has 0 aliphatic carbocycles. The number of nitrogens with zero attached hydrogens (tertiary/aromatic N) is 3. The molecule has 0 saturated heterocycles. The normalized spacial score (nSPS) is 12.2. The number of aromatic nitrogens is 1. The highest BCUT2D eigenvalue weighted by molar-refractivity contribution is 7.07. The number of amides is 2. The van der Waals surface area contributed by atoms with Crippen LogP contribution in [-0.4, -0.2) is 55.3 Å². The van der Waals surface area contributed by atoms with Gasteiger partial charge in [-0.25, -0.2) is 9.59 Å². The Bertz CT molecular complexity index is 1210. The Balaban J connectivity index is 2.13. The lowest BCUT2D eigenvalue weighted by molar-refractivity contribution is -0.136. The molecule has 0 saturated carbocycles. The van der Waals surface area contributed by atoms with Gasteiger partial charge in [0.15, 0.2) is 5.57 Å². The first-order valence-corrected chi connectivity index (χ1v) is 11.7. The molecule has 2 amide bonds. The Kier molecular flexibility index (Phi) is 10.3. The number of ether oxygens (including phenoxy) is 1. The third-order valence-corrected chi connectivity index (χ3v) is 5.74. The summed E-state index contributed by atoms with van der Waals surface area (Å²) in [7, 11) is 3.96. The fourth-order valence-corrected chi connectivity index (χ4v) is 4.02. The minimum absolute atomic E-state index is 0.134. The quantitative estimate of drug-likeness (QED) is 0.339. The van der Waals surface area contributed by atoms with Gasteiger partial charge in [0.05, 0.1) is 6.61 Å². The molecular formula is C23H30N6O4S. The van der Waals surface area contributed by atoms with E-state index in [1.54, 1.807) is 38.1 Å². The van der Waals surface area contributed by atoms with Crippen LogP contribution in [0.4, 0.5) is 16.2 Å². The third-order valence-electron chi connectivity index (χ3n) is 4.61. The van der Waals surface area contributed by atoms with Gasteiger partial charge in [-0.15, -0.1) is 11.3 Å². The zero-order valence-corrected chi connectivity index (χ0v) is 20.6. The van der Waals surface area contributed by atoms with Crippen LogP contribution in [0.25, 0.3) is 11.8 Å². The van der Waals surface area contributed by atoms with Crippen LogP contribution < -0.4 is 30.7 Å². The number of nitriles is 1. The number of nitrogens with one attached hydrogen (secondary N) is 3. The van der Waals surface area contributed by atoms with Crippen LogP contribution in [0.3, 0.4) is 0 Å². The Morgan fingerprint density at radius 1 is 1.21 bits per heavy atom. The van der Waals surface area contributed by atoms with Crippen molar-refractivity contribution in [3.8, 4) is 6.07 Å². The van der Waals surface area contributed by atoms with Gasteiger partial charge in [0.2, 0.25) is 0 Å². The van der Waals surface area contributed by atoms with Crippen LogP contribution in [0.5, 0.6) is 0 Å². The highest BCUT2D eigenvalue weighted by Gasteiger charge is 2.16. The lowest BCUT2D eigenvalue weighted by Crippen LogP contribution is -2.32. The van der Waals surface area contributed by atoms with Gasteiger partial charge in [0.25, 0.3) is 5.56 Å². The number of benzene rings is 1. The van der Waals surface area contributed by atoms with E-state index in [9.17, 15) is 19.6 Å². The Morgan fingerprint density at radius 2 is 1.88 bits per heavy atom. The summed E-state index contributed by atoms with van der Waals surface area (Å²) < 4.78 is 6.91. The van der Waals surface area contributed by atoms with Crippen LogP contribution in [0.1, 0.15) is 20.3 Å². The summed E-state index contributed by atoms with van der Waals surface area (Å²) in [5.74, 6) is -0.752. The zero-order valence-electron chi connectivity index (χ0n) is 19.8. The van der Waals surface area contributed by atoms with Gasteiger partial charge in [-0.1, -0.05) is 0 Å². The van der Waals surface area contributed by atoms with Gasteiger partial charge in [-0.3, -0.25) is 9.36 Å². The second-order valence-electron chi connectivity index (χ2n) is 7.43. The highest BCUT2D eigenvalue weighted by Crippen LogP contribution is 2.13. The lowest BCUT2D eigenvalue weighted by atomic mass is 10.3.